The first-order valence-corrected chi connectivity index (χ1v) is 7.94. The Labute approximate surface area is 152 Å². The van der Waals surface area contributed by atoms with Crippen LogP contribution in [0, 0.1) is 0 Å². The zero-order valence-electron chi connectivity index (χ0n) is 14.2. The molecule has 4 nitrogen and oxygen atoms in total. The van der Waals surface area contributed by atoms with Crippen LogP contribution in [0.1, 0.15) is 37.3 Å². The monoisotopic (exact) mass is 388 g/mol. The van der Waals surface area contributed by atoms with Crippen LogP contribution in [-0.2, 0) is 20.5 Å². The average Bonchev–Trinajstić information content (AvgIpc) is 2.52. The fourth-order valence-electron chi connectivity index (χ4n) is 3.21. The van der Waals surface area contributed by atoms with Crippen molar-refractivity contribution in [2.45, 2.75) is 32.4 Å². The molecule has 0 fully saturated rings. The Morgan fingerprint density at radius 2 is 1.77 bits per heavy atom. The Morgan fingerprint density at radius 1 is 1.19 bits per heavy atom. The number of alkyl halides is 3. The second-order valence-electron chi connectivity index (χ2n) is 6.03. The largest absolute Gasteiger partial charge is 0.478 e. The summed E-state index contributed by atoms with van der Waals surface area (Å²) >= 11 is 5.65. The van der Waals surface area contributed by atoms with Gasteiger partial charge in [-0.1, -0.05) is 28.8 Å². The molecule has 26 heavy (non-hydrogen) atoms. The maximum atomic E-state index is 13.2. The van der Waals surface area contributed by atoms with Gasteiger partial charge in [-0.05, 0) is 38.0 Å². The van der Waals surface area contributed by atoms with E-state index in [1.807, 2.05) is 0 Å². The standard InChI is InChI=1S/C18H16ClF3O4/c1-8-6-9(2)14(17(25)26-3)15(13(8)16(23)24)10-4-5-12(19)11(7-10)18(20,21)22/h4-5,7,15H,6H2,1-3H3,(H,23,24). The molecular formula is C18H16ClF3O4. The third kappa shape index (κ3) is 3.62. The first kappa shape index (κ1) is 20.0. The second kappa shape index (κ2) is 7.15. The summed E-state index contributed by atoms with van der Waals surface area (Å²) in [6.45, 7) is 3.20. The highest BCUT2D eigenvalue weighted by Gasteiger charge is 2.39. The molecule has 1 N–H and O–H groups in total. The number of carbonyl (C=O) groups excluding carboxylic acids is 1. The van der Waals surface area contributed by atoms with Crippen molar-refractivity contribution in [1.82, 2.24) is 0 Å². The molecule has 0 amide bonds. The van der Waals surface area contributed by atoms with Crippen molar-refractivity contribution in [2.24, 2.45) is 0 Å². The van der Waals surface area contributed by atoms with Crippen molar-refractivity contribution < 1.29 is 32.6 Å². The van der Waals surface area contributed by atoms with E-state index in [1.165, 1.54) is 6.07 Å². The number of esters is 1. The molecule has 0 bridgehead atoms. The molecule has 1 aromatic carbocycles. The van der Waals surface area contributed by atoms with Gasteiger partial charge in [-0.2, -0.15) is 13.2 Å². The summed E-state index contributed by atoms with van der Waals surface area (Å²) in [6.07, 6.45) is -4.49. The molecule has 1 aliphatic rings. The average molecular weight is 389 g/mol. The molecule has 0 saturated carbocycles. The topological polar surface area (TPSA) is 63.6 Å². The Hall–Kier alpha value is -2.28. The Bertz CT molecular complexity index is 837. The maximum Gasteiger partial charge on any atom is 0.417 e. The van der Waals surface area contributed by atoms with Crippen LogP contribution in [0.5, 0.6) is 0 Å². The van der Waals surface area contributed by atoms with Gasteiger partial charge in [-0.15, -0.1) is 0 Å². The minimum Gasteiger partial charge on any atom is -0.478 e. The fraction of sp³-hybridized carbons (Fsp3) is 0.333. The van der Waals surface area contributed by atoms with E-state index in [2.05, 4.69) is 0 Å². The summed E-state index contributed by atoms with van der Waals surface area (Å²) < 4.78 is 44.4. The lowest BCUT2D eigenvalue weighted by molar-refractivity contribution is -0.137. The molecule has 0 aromatic heterocycles. The van der Waals surface area contributed by atoms with Gasteiger partial charge in [0.25, 0.3) is 0 Å². The molecule has 140 valence electrons. The van der Waals surface area contributed by atoms with Crippen LogP contribution in [0.15, 0.2) is 40.5 Å². The summed E-state index contributed by atoms with van der Waals surface area (Å²) in [5.41, 5.74) is -0.161. The first-order chi connectivity index (χ1) is 12.0. The van der Waals surface area contributed by atoms with Crippen molar-refractivity contribution in [3.8, 4) is 0 Å². The Morgan fingerprint density at radius 3 is 2.27 bits per heavy atom. The number of rotatable bonds is 3. The number of benzene rings is 1. The highest BCUT2D eigenvalue weighted by atomic mass is 35.5. The van der Waals surface area contributed by atoms with E-state index in [-0.39, 0.29) is 23.1 Å². The van der Waals surface area contributed by atoms with Gasteiger partial charge in [0.15, 0.2) is 0 Å². The van der Waals surface area contributed by atoms with Gasteiger partial charge in [-0.25, -0.2) is 9.59 Å². The predicted molar refractivity (Wildman–Crippen MR) is 88.9 cm³/mol. The van der Waals surface area contributed by atoms with Gasteiger partial charge in [-0.3, -0.25) is 0 Å². The predicted octanol–water partition coefficient (Wildman–Crippen LogP) is 4.74. The first-order valence-electron chi connectivity index (χ1n) is 7.56. The van der Waals surface area contributed by atoms with Crippen molar-refractivity contribution in [3.63, 3.8) is 0 Å². The summed E-state index contributed by atoms with van der Waals surface area (Å²) in [5, 5.41) is 9.10. The molecule has 0 spiro atoms. The Balaban J connectivity index is 2.77. The van der Waals surface area contributed by atoms with Crippen LogP contribution < -0.4 is 0 Å². The number of hydrogen-bond acceptors (Lipinski definition) is 3. The molecule has 0 aliphatic heterocycles. The van der Waals surface area contributed by atoms with E-state index >= 15 is 0 Å². The number of carbonyl (C=O) groups is 2. The molecular weight excluding hydrogens is 373 g/mol. The molecule has 1 aliphatic carbocycles. The van der Waals surface area contributed by atoms with Crippen molar-refractivity contribution >= 4 is 23.5 Å². The molecule has 0 heterocycles. The van der Waals surface area contributed by atoms with Crippen LogP contribution in [-0.4, -0.2) is 24.2 Å². The van der Waals surface area contributed by atoms with Gasteiger partial charge >= 0.3 is 18.1 Å². The molecule has 8 heteroatoms. The lowest BCUT2D eigenvalue weighted by Crippen LogP contribution is -2.25. The van der Waals surface area contributed by atoms with E-state index in [1.54, 1.807) is 13.8 Å². The number of aliphatic carboxylic acids is 1. The normalized spacial score (nSPS) is 18.2. The van der Waals surface area contributed by atoms with E-state index in [0.717, 1.165) is 19.2 Å². The van der Waals surface area contributed by atoms with Crippen LogP contribution in [0.25, 0.3) is 0 Å². The molecule has 2 rings (SSSR count). The summed E-state index contributed by atoms with van der Waals surface area (Å²) in [4.78, 5) is 24.0. The number of carboxylic acids is 1. The Kier molecular flexibility index (Phi) is 5.51. The number of methoxy groups -OCH3 is 1. The van der Waals surface area contributed by atoms with Gasteiger partial charge < -0.3 is 9.84 Å². The smallest absolute Gasteiger partial charge is 0.417 e. The molecule has 0 saturated heterocycles. The van der Waals surface area contributed by atoms with E-state index < -0.39 is 34.6 Å². The number of halogens is 4. The SMILES string of the molecule is COC(=O)C1=C(C)CC(C)=C(C(=O)O)C1c1ccc(Cl)c(C(F)(F)F)c1. The zero-order chi connectivity index (χ0) is 19.8. The number of ether oxygens (including phenoxy) is 1. The fourth-order valence-corrected chi connectivity index (χ4v) is 3.43. The summed E-state index contributed by atoms with van der Waals surface area (Å²) in [6, 6.07) is 3.12. The van der Waals surface area contributed by atoms with E-state index in [0.29, 0.717) is 11.1 Å². The third-order valence-electron chi connectivity index (χ3n) is 4.29. The van der Waals surface area contributed by atoms with E-state index in [9.17, 15) is 27.9 Å². The van der Waals surface area contributed by atoms with Gasteiger partial charge in [0, 0.05) is 17.1 Å². The van der Waals surface area contributed by atoms with Crippen LogP contribution in [0.3, 0.4) is 0 Å². The number of allylic oxidation sites excluding steroid dienone is 2. The maximum absolute atomic E-state index is 13.2. The third-order valence-corrected chi connectivity index (χ3v) is 4.62. The highest BCUT2D eigenvalue weighted by molar-refractivity contribution is 6.31. The number of hydrogen-bond donors (Lipinski definition) is 1. The lowest BCUT2D eigenvalue weighted by atomic mass is 9.75. The quantitative estimate of drug-likeness (QED) is 0.760. The van der Waals surface area contributed by atoms with Gasteiger partial charge in [0.05, 0.1) is 17.7 Å². The highest BCUT2D eigenvalue weighted by Crippen LogP contribution is 2.44. The summed E-state index contributed by atoms with van der Waals surface area (Å²) in [7, 11) is 1.13. The van der Waals surface area contributed by atoms with Crippen molar-refractivity contribution in [2.75, 3.05) is 7.11 Å². The summed E-state index contributed by atoms with van der Waals surface area (Å²) in [5.74, 6) is -3.25. The van der Waals surface area contributed by atoms with Crippen molar-refractivity contribution in [1.29, 1.82) is 0 Å². The van der Waals surface area contributed by atoms with Gasteiger partial charge in [0.1, 0.15) is 0 Å². The second-order valence-corrected chi connectivity index (χ2v) is 6.44. The molecule has 1 aromatic rings. The molecule has 1 atom stereocenters. The van der Waals surface area contributed by atoms with Crippen LogP contribution >= 0.6 is 11.6 Å². The molecule has 1 unspecified atom stereocenters. The van der Waals surface area contributed by atoms with E-state index in [4.69, 9.17) is 16.3 Å². The zero-order valence-corrected chi connectivity index (χ0v) is 15.0. The number of carboxylic acid groups (broad SMARTS) is 1. The minimum atomic E-state index is -4.71. The van der Waals surface area contributed by atoms with Crippen LogP contribution in [0.2, 0.25) is 5.02 Å². The minimum absolute atomic E-state index is 0.0120. The van der Waals surface area contributed by atoms with Gasteiger partial charge in [0.2, 0.25) is 0 Å². The molecule has 0 radical (unpaired) electrons. The van der Waals surface area contributed by atoms with Crippen molar-refractivity contribution in [3.05, 3.63) is 56.6 Å². The lowest BCUT2D eigenvalue weighted by Gasteiger charge is -2.29. The van der Waals surface area contributed by atoms with Crippen LogP contribution in [0.4, 0.5) is 13.2 Å².